The molecule has 20 heavy (non-hydrogen) atoms. The van der Waals surface area contributed by atoms with Crippen molar-refractivity contribution in [2.24, 2.45) is 0 Å². The van der Waals surface area contributed by atoms with E-state index in [9.17, 15) is 4.39 Å². The van der Waals surface area contributed by atoms with Crippen LogP contribution in [0.5, 0.6) is 5.75 Å². The topological polar surface area (TPSA) is 34.1 Å². The maximum absolute atomic E-state index is 13.7. The minimum Gasteiger partial charge on any atom is -0.494 e. The zero-order valence-electron chi connectivity index (χ0n) is 12.0. The number of halogens is 1. The Balaban J connectivity index is 2.20. The maximum atomic E-state index is 13.7. The van der Waals surface area contributed by atoms with Gasteiger partial charge in [-0.05, 0) is 49.2 Å². The Bertz CT molecular complexity index is 586. The molecular weight excluding hydrogens is 255 g/mol. The summed E-state index contributed by atoms with van der Waals surface area (Å²) in [7, 11) is 3.36. The van der Waals surface area contributed by atoms with Crippen LogP contribution in [0.1, 0.15) is 22.7 Å². The fraction of sp³-hybridized carbons (Fsp3) is 0.312. The molecule has 0 fully saturated rings. The summed E-state index contributed by atoms with van der Waals surface area (Å²) in [5, 5.41) is 3.25. The molecule has 1 heterocycles. The number of likely N-dealkylation sites (N-methyl/N-ethyl adjacent to an activating group) is 1. The van der Waals surface area contributed by atoms with Crippen LogP contribution in [0, 0.1) is 12.7 Å². The van der Waals surface area contributed by atoms with Gasteiger partial charge in [-0.15, -0.1) is 0 Å². The Morgan fingerprint density at radius 3 is 2.70 bits per heavy atom. The van der Waals surface area contributed by atoms with E-state index in [0.29, 0.717) is 6.42 Å². The minimum atomic E-state index is -0.331. The second kappa shape index (κ2) is 6.48. The summed E-state index contributed by atoms with van der Waals surface area (Å²) in [6.45, 7) is 2.01. The molecule has 2 aromatic rings. The zero-order chi connectivity index (χ0) is 14.5. The Morgan fingerprint density at radius 2 is 2.10 bits per heavy atom. The molecule has 1 aromatic heterocycles. The van der Waals surface area contributed by atoms with Gasteiger partial charge in [-0.2, -0.15) is 0 Å². The number of aromatic nitrogens is 1. The molecule has 0 saturated carbocycles. The summed E-state index contributed by atoms with van der Waals surface area (Å²) in [6.07, 6.45) is 4.36. The summed E-state index contributed by atoms with van der Waals surface area (Å²) in [4.78, 5) is 4.21. The van der Waals surface area contributed by atoms with Crippen molar-refractivity contribution in [3.63, 3.8) is 0 Å². The van der Waals surface area contributed by atoms with Crippen LogP contribution in [0.4, 0.5) is 4.39 Å². The first-order valence-corrected chi connectivity index (χ1v) is 6.55. The number of nitrogens with one attached hydrogen (secondary N) is 1. The molecule has 0 spiro atoms. The van der Waals surface area contributed by atoms with Crippen molar-refractivity contribution in [2.75, 3.05) is 14.2 Å². The van der Waals surface area contributed by atoms with E-state index in [4.69, 9.17) is 4.74 Å². The summed E-state index contributed by atoms with van der Waals surface area (Å²) in [5.41, 5.74) is 3.14. The van der Waals surface area contributed by atoms with Crippen LogP contribution in [-0.4, -0.2) is 19.1 Å². The fourth-order valence-corrected chi connectivity index (χ4v) is 2.23. The molecule has 1 atom stereocenters. The van der Waals surface area contributed by atoms with Gasteiger partial charge >= 0.3 is 0 Å². The van der Waals surface area contributed by atoms with E-state index in [1.54, 1.807) is 6.07 Å². The minimum absolute atomic E-state index is 0.107. The highest BCUT2D eigenvalue weighted by Crippen LogP contribution is 2.22. The fourth-order valence-electron chi connectivity index (χ4n) is 2.23. The molecule has 0 bridgehead atoms. The molecule has 0 aliphatic heterocycles. The first-order valence-electron chi connectivity index (χ1n) is 6.55. The van der Waals surface area contributed by atoms with Crippen LogP contribution >= 0.6 is 0 Å². The van der Waals surface area contributed by atoms with Crippen LogP contribution in [0.15, 0.2) is 36.7 Å². The zero-order valence-corrected chi connectivity index (χ0v) is 12.0. The quantitative estimate of drug-likeness (QED) is 0.910. The van der Waals surface area contributed by atoms with Gasteiger partial charge in [0.15, 0.2) is 11.6 Å². The highest BCUT2D eigenvalue weighted by Gasteiger charge is 2.12. The van der Waals surface area contributed by atoms with Gasteiger partial charge in [0.1, 0.15) is 0 Å². The number of nitrogens with zero attached hydrogens (tertiary/aromatic N) is 1. The number of rotatable bonds is 5. The van der Waals surface area contributed by atoms with Gasteiger partial charge in [0.2, 0.25) is 0 Å². The number of methoxy groups -OCH3 is 1. The van der Waals surface area contributed by atoms with Crippen molar-refractivity contribution in [3.05, 3.63) is 59.2 Å². The van der Waals surface area contributed by atoms with Gasteiger partial charge in [-0.3, -0.25) is 4.98 Å². The number of aryl methyl sites for hydroxylation is 1. The average molecular weight is 274 g/mol. The molecule has 0 saturated heterocycles. The van der Waals surface area contributed by atoms with E-state index in [1.807, 2.05) is 32.4 Å². The predicted octanol–water partition coefficient (Wildman–Crippen LogP) is 3.04. The largest absolute Gasteiger partial charge is 0.494 e. The molecule has 1 N–H and O–H groups in total. The monoisotopic (exact) mass is 274 g/mol. The predicted molar refractivity (Wildman–Crippen MR) is 77.4 cm³/mol. The van der Waals surface area contributed by atoms with Crippen LogP contribution < -0.4 is 10.1 Å². The molecule has 1 aromatic carbocycles. The molecule has 106 valence electrons. The number of hydrogen-bond acceptors (Lipinski definition) is 3. The third-order valence-electron chi connectivity index (χ3n) is 3.30. The molecule has 0 aliphatic carbocycles. The van der Waals surface area contributed by atoms with Crippen molar-refractivity contribution < 1.29 is 9.13 Å². The van der Waals surface area contributed by atoms with Gasteiger partial charge in [-0.25, -0.2) is 4.39 Å². The van der Waals surface area contributed by atoms with Crippen molar-refractivity contribution in [3.8, 4) is 5.75 Å². The number of hydrogen-bond donors (Lipinski definition) is 1. The lowest BCUT2D eigenvalue weighted by molar-refractivity contribution is 0.386. The second-order valence-corrected chi connectivity index (χ2v) is 4.81. The highest BCUT2D eigenvalue weighted by atomic mass is 19.1. The van der Waals surface area contributed by atoms with Crippen LogP contribution in [0.2, 0.25) is 0 Å². The van der Waals surface area contributed by atoms with Crippen molar-refractivity contribution >= 4 is 0 Å². The molecule has 1 unspecified atom stereocenters. The smallest absolute Gasteiger partial charge is 0.165 e. The van der Waals surface area contributed by atoms with E-state index in [0.717, 1.165) is 16.7 Å². The number of ether oxygens (including phenoxy) is 1. The van der Waals surface area contributed by atoms with Crippen molar-refractivity contribution in [2.45, 2.75) is 19.4 Å². The summed E-state index contributed by atoms with van der Waals surface area (Å²) >= 11 is 0. The molecule has 4 heteroatoms. The van der Waals surface area contributed by atoms with Gasteiger partial charge < -0.3 is 10.1 Å². The molecular formula is C16H19FN2O. The van der Waals surface area contributed by atoms with Crippen molar-refractivity contribution in [1.29, 1.82) is 0 Å². The SMILES string of the molecule is CNC(Cc1ccc(OC)c(F)c1)c1cncc(C)c1. The van der Waals surface area contributed by atoms with Gasteiger partial charge in [0.05, 0.1) is 7.11 Å². The van der Waals surface area contributed by atoms with Gasteiger partial charge in [0, 0.05) is 18.4 Å². The lowest BCUT2D eigenvalue weighted by Crippen LogP contribution is -2.19. The Labute approximate surface area is 118 Å². The Morgan fingerprint density at radius 1 is 1.30 bits per heavy atom. The average Bonchev–Trinajstić information content (AvgIpc) is 2.45. The van der Waals surface area contributed by atoms with E-state index in [-0.39, 0.29) is 17.6 Å². The normalized spacial score (nSPS) is 12.2. The van der Waals surface area contributed by atoms with Crippen LogP contribution in [0.3, 0.4) is 0 Å². The highest BCUT2D eigenvalue weighted by molar-refractivity contribution is 5.31. The van der Waals surface area contributed by atoms with Crippen LogP contribution in [0.25, 0.3) is 0 Å². The summed E-state index contributed by atoms with van der Waals surface area (Å²) in [5.74, 6) is -0.0609. The first-order chi connectivity index (χ1) is 9.63. The molecule has 0 aliphatic rings. The van der Waals surface area contributed by atoms with E-state index in [1.165, 1.54) is 13.2 Å². The van der Waals surface area contributed by atoms with E-state index >= 15 is 0 Å². The third kappa shape index (κ3) is 3.33. The Kier molecular flexibility index (Phi) is 4.69. The summed E-state index contributed by atoms with van der Waals surface area (Å²) < 4.78 is 18.6. The standard InChI is InChI=1S/C16H19FN2O/c1-11-6-13(10-19-9-11)15(18-2)8-12-4-5-16(20-3)14(17)7-12/h4-7,9-10,15,18H,8H2,1-3H3. The molecule has 0 radical (unpaired) electrons. The van der Waals surface area contributed by atoms with E-state index in [2.05, 4.69) is 16.4 Å². The lowest BCUT2D eigenvalue weighted by Gasteiger charge is -2.17. The second-order valence-electron chi connectivity index (χ2n) is 4.81. The van der Waals surface area contributed by atoms with E-state index < -0.39 is 0 Å². The maximum Gasteiger partial charge on any atom is 0.165 e. The summed E-state index contributed by atoms with van der Waals surface area (Å²) in [6, 6.07) is 7.26. The first kappa shape index (κ1) is 14.5. The van der Waals surface area contributed by atoms with Crippen molar-refractivity contribution in [1.82, 2.24) is 10.3 Å². The van der Waals surface area contributed by atoms with Crippen LogP contribution in [-0.2, 0) is 6.42 Å². The third-order valence-corrected chi connectivity index (χ3v) is 3.30. The van der Waals surface area contributed by atoms with Gasteiger partial charge in [-0.1, -0.05) is 12.1 Å². The lowest BCUT2D eigenvalue weighted by atomic mass is 9.99. The Hall–Kier alpha value is -1.94. The number of benzene rings is 1. The van der Waals surface area contributed by atoms with Gasteiger partial charge in [0.25, 0.3) is 0 Å². The number of pyridine rings is 1. The molecule has 2 rings (SSSR count). The molecule has 0 amide bonds. The molecule has 3 nitrogen and oxygen atoms in total.